The largest absolute Gasteiger partial charge is 0.506 e. The standard InChI is InChI=1S/C36H36N3O.Pt/c1-22(2)26-21-29(38-34-25(26)11-10-14-32(34)40)23-15-16-28-31(19-23)39(30-13-9-8-12-27(30)36(28,6)7)33-20-24(17-18-37-33)35(3,4)5;/h8-18,20-22,40H,1-7H3;/q-1;. The summed E-state index contributed by atoms with van der Waals surface area (Å²) >= 11 is 0. The van der Waals surface area contributed by atoms with Gasteiger partial charge in [0.2, 0.25) is 0 Å². The molecule has 3 aromatic carbocycles. The zero-order valence-corrected chi connectivity index (χ0v) is 27.0. The molecular weight excluding hydrogens is 685 g/mol. The molecule has 0 spiro atoms. The van der Waals surface area contributed by atoms with E-state index in [1.54, 1.807) is 6.07 Å². The Balaban J connectivity index is 0.00000337. The molecule has 41 heavy (non-hydrogen) atoms. The van der Waals surface area contributed by atoms with Gasteiger partial charge in [0.05, 0.1) is 0 Å². The number of pyridine rings is 2. The van der Waals surface area contributed by atoms with Crippen molar-refractivity contribution in [2.75, 3.05) is 4.90 Å². The van der Waals surface area contributed by atoms with Gasteiger partial charge < -0.3 is 10.0 Å². The van der Waals surface area contributed by atoms with Crippen molar-refractivity contribution in [2.24, 2.45) is 0 Å². The van der Waals surface area contributed by atoms with Crippen molar-refractivity contribution in [1.82, 2.24) is 9.97 Å². The third kappa shape index (κ3) is 4.87. The summed E-state index contributed by atoms with van der Waals surface area (Å²) in [6.07, 6.45) is 1.91. The molecule has 1 N–H and O–H groups in total. The summed E-state index contributed by atoms with van der Waals surface area (Å²) in [7, 11) is 0. The van der Waals surface area contributed by atoms with E-state index in [4.69, 9.17) is 9.97 Å². The van der Waals surface area contributed by atoms with Crippen LogP contribution in [0, 0.1) is 6.07 Å². The molecule has 0 radical (unpaired) electrons. The smallest absolute Gasteiger partial charge is 0.140 e. The van der Waals surface area contributed by atoms with Crippen molar-refractivity contribution in [3.8, 4) is 17.0 Å². The van der Waals surface area contributed by atoms with Gasteiger partial charge in [0.15, 0.2) is 0 Å². The fourth-order valence-electron chi connectivity index (χ4n) is 5.90. The molecule has 3 heterocycles. The quantitative estimate of drug-likeness (QED) is 0.189. The van der Waals surface area contributed by atoms with E-state index in [-0.39, 0.29) is 43.6 Å². The average Bonchev–Trinajstić information content (AvgIpc) is 2.92. The van der Waals surface area contributed by atoms with Crippen LogP contribution in [-0.4, -0.2) is 15.1 Å². The molecule has 0 amide bonds. The van der Waals surface area contributed by atoms with Crippen LogP contribution in [0.1, 0.15) is 76.6 Å². The van der Waals surface area contributed by atoms with Crippen LogP contribution in [0.2, 0.25) is 0 Å². The van der Waals surface area contributed by atoms with Crippen molar-refractivity contribution in [3.63, 3.8) is 0 Å². The Kier molecular flexibility index (Phi) is 7.36. The first kappa shape index (κ1) is 29.0. The maximum absolute atomic E-state index is 10.7. The van der Waals surface area contributed by atoms with E-state index in [9.17, 15) is 5.11 Å². The van der Waals surface area contributed by atoms with Crippen molar-refractivity contribution in [3.05, 3.63) is 107 Å². The van der Waals surface area contributed by atoms with Gasteiger partial charge in [0, 0.05) is 38.3 Å². The van der Waals surface area contributed by atoms with Crippen LogP contribution in [0.15, 0.2) is 79.0 Å². The first-order chi connectivity index (χ1) is 19.0. The van der Waals surface area contributed by atoms with E-state index < -0.39 is 0 Å². The number of hydrogen-bond donors (Lipinski definition) is 1. The fraction of sp³-hybridized carbons (Fsp3) is 0.278. The molecule has 0 atom stereocenters. The van der Waals surface area contributed by atoms with Crippen LogP contribution >= 0.6 is 0 Å². The van der Waals surface area contributed by atoms with Crippen LogP contribution < -0.4 is 4.90 Å². The van der Waals surface area contributed by atoms with Gasteiger partial charge >= 0.3 is 0 Å². The Hall–Kier alpha value is -3.49. The third-order valence-corrected chi connectivity index (χ3v) is 8.23. The summed E-state index contributed by atoms with van der Waals surface area (Å²) < 4.78 is 0. The van der Waals surface area contributed by atoms with Gasteiger partial charge in [-0.15, -0.1) is 23.8 Å². The van der Waals surface area contributed by atoms with Gasteiger partial charge in [-0.3, -0.25) is 4.98 Å². The van der Waals surface area contributed by atoms with Crippen molar-refractivity contribution in [1.29, 1.82) is 0 Å². The minimum Gasteiger partial charge on any atom is -0.506 e. The number of aromatic hydroxyl groups is 1. The number of aromatic nitrogens is 2. The molecule has 1 aliphatic heterocycles. The number of nitrogens with zero attached hydrogens (tertiary/aromatic N) is 3. The Morgan fingerprint density at radius 2 is 1.66 bits per heavy atom. The van der Waals surface area contributed by atoms with Crippen LogP contribution in [0.5, 0.6) is 5.75 Å². The topological polar surface area (TPSA) is 49.2 Å². The molecule has 0 saturated carbocycles. The van der Waals surface area contributed by atoms with Gasteiger partial charge in [0.25, 0.3) is 0 Å². The summed E-state index contributed by atoms with van der Waals surface area (Å²) in [4.78, 5) is 12.1. The van der Waals surface area contributed by atoms with Gasteiger partial charge in [-0.05, 0) is 69.1 Å². The summed E-state index contributed by atoms with van der Waals surface area (Å²) in [5.41, 5.74) is 8.98. The van der Waals surface area contributed by atoms with Crippen molar-refractivity contribution in [2.45, 2.75) is 65.2 Å². The number of anilines is 3. The molecule has 212 valence electrons. The normalized spacial score (nSPS) is 14.0. The summed E-state index contributed by atoms with van der Waals surface area (Å²) in [6.45, 7) is 15.6. The van der Waals surface area contributed by atoms with E-state index in [0.29, 0.717) is 5.52 Å². The second-order valence-corrected chi connectivity index (χ2v) is 12.7. The number of benzene rings is 3. The number of phenolic OH excluding ortho intramolecular Hbond substituents is 1. The van der Waals surface area contributed by atoms with E-state index in [1.165, 1.54) is 16.7 Å². The number of phenols is 1. The Morgan fingerprint density at radius 1 is 0.902 bits per heavy atom. The molecule has 0 aliphatic carbocycles. The number of hydrogen-bond acceptors (Lipinski definition) is 4. The Morgan fingerprint density at radius 3 is 2.39 bits per heavy atom. The van der Waals surface area contributed by atoms with E-state index in [1.807, 2.05) is 18.3 Å². The molecule has 0 bridgehead atoms. The zero-order chi connectivity index (χ0) is 28.4. The van der Waals surface area contributed by atoms with E-state index >= 15 is 0 Å². The molecule has 5 heteroatoms. The predicted molar refractivity (Wildman–Crippen MR) is 165 cm³/mol. The van der Waals surface area contributed by atoms with Gasteiger partial charge in [-0.1, -0.05) is 90.4 Å². The monoisotopic (exact) mass is 721 g/mol. The number of rotatable bonds is 3. The van der Waals surface area contributed by atoms with Gasteiger partial charge in [-0.25, -0.2) is 4.98 Å². The molecular formula is C36H36N3OPt-. The maximum Gasteiger partial charge on any atom is 0.140 e. The van der Waals surface area contributed by atoms with Crippen LogP contribution in [0.3, 0.4) is 0 Å². The summed E-state index contributed by atoms with van der Waals surface area (Å²) in [5.74, 6) is 1.34. The number of fused-ring (bicyclic) bond motifs is 3. The Bertz CT molecular complexity index is 1770. The van der Waals surface area contributed by atoms with E-state index in [0.717, 1.165) is 39.4 Å². The van der Waals surface area contributed by atoms with Crippen molar-refractivity contribution < 1.29 is 26.2 Å². The minimum absolute atomic E-state index is 0. The second kappa shape index (κ2) is 10.4. The molecule has 1 aliphatic rings. The molecule has 4 nitrogen and oxygen atoms in total. The van der Waals surface area contributed by atoms with Crippen LogP contribution in [-0.2, 0) is 31.9 Å². The van der Waals surface area contributed by atoms with Gasteiger partial charge in [-0.2, -0.15) is 0 Å². The zero-order valence-electron chi connectivity index (χ0n) is 24.7. The Labute approximate surface area is 257 Å². The third-order valence-electron chi connectivity index (χ3n) is 8.23. The predicted octanol–water partition coefficient (Wildman–Crippen LogP) is 9.33. The van der Waals surface area contributed by atoms with E-state index in [2.05, 4.69) is 114 Å². The van der Waals surface area contributed by atoms with Gasteiger partial charge in [0.1, 0.15) is 17.1 Å². The first-order valence-corrected chi connectivity index (χ1v) is 14.0. The number of para-hydroxylation sites is 2. The molecule has 0 fully saturated rings. The molecule has 2 aromatic heterocycles. The molecule has 6 rings (SSSR count). The van der Waals surface area contributed by atoms with Crippen LogP contribution in [0.25, 0.3) is 22.2 Å². The molecule has 0 saturated heterocycles. The SMILES string of the molecule is CC(C)c1cc(-c2[c-]c3c(cc2)C(C)(C)c2ccccc2N3c2cc(C(C)(C)C)ccn2)nc2c(O)cccc12.[Pt]. The van der Waals surface area contributed by atoms with Crippen LogP contribution in [0.4, 0.5) is 17.2 Å². The average molecular weight is 722 g/mol. The minimum atomic E-state index is -0.225. The van der Waals surface area contributed by atoms with Crippen molar-refractivity contribution >= 4 is 28.1 Å². The summed E-state index contributed by atoms with van der Waals surface area (Å²) in [5, 5.41) is 11.7. The first-order valence-electron chi connectivity index (χ1n) is 14.0. The fourth-order valence-corrected chi connectivity index (χ4v) is 5.90. The molecule has 0 unspecified atom stereocenters. The molecule has 5 aromatic rings. The maximum atomic E-state index is 10.7. The second-order valence-electron chi connectivity index (χ2n) is 12.7. The summed E-state index contributed by atoms with van der Waals surface area (Å²) in [6, 6.07) is 28.8.